The average molecular weight is 319 g/mol. The highest BCUT2D eigenvalue weighted by Gasteiger charge is 2.42. The predicted molar refractivity (Wildman–Crippen MR) is 77.2 cm³/mol. The first-order valence-electron chi connectivity index (χ1n) is 7.33. The third-order valence-corrected chi connectivity index (χ3v) is 4.85. The van der Waals surface area contributed by atoms with E-state index >= 15 is 0 Å². The minimum absolute atomic E-state index is 0.0279. The van der Waals surface area contributed by atoms with E-state index in [1.54, 1.807) is 11.3 Å². The summed E-state index contributed by atoms with van der Waals surface area (Å²) in [5, 5.41) is 4.76. The van der Waals surface area contributed by atoms with Crippen molar-refractivity contribution < 1.29 is 18.0 Å². The molecule has 1 heterocycles. The van der Waals surface area contributed by atoms with Crippen LogP contribution in [0.3, 0.4) is 0 Å². The number of aryl methyl sites for hydroxylation is 1. The fourth-order valence-electron chi connectivity index (χ4n) is 2.80. The predicted octanol–water partition coefficient (Wildman–Crippen LogP) is 4.31. The lowest BCUT2D eigenvalue weighted by Crippen LogP contribution is -2.41. The minimum Gasteiger partial charge on any atom is -0.353 e. The van der Waals surface area contributed by atoms with Crippen LogP contribution < -0.4 is 5.32 Å². The Kier molecular flexibility index (Phi) is 5.67. The summed E-state index contributed by atoms with van der Waals surface area (Å²) in [7, 11) is 0. The molecule has 0 bridgehead atoms. The smallest absolute Gasteiger partial charge is 0.353 e. The summed E-state index contributed by atoms with van der Waals surface area (Å²) in [6.45, 7) is 0. The molecule has 1 amide bonds. The van der Waals surface area contributed by atoms with Crippen molar-refractivity contribution in [1.82, 2.24) is 5.32 Å². The zero-order valence-electron chi connectivity index (χ0n) is 11.8. The van der Waals surface area contributed by atoms with Crippen LogP contribution in [0.2, 0.25) is 0 Å². The average Bonchev–Trinajstić information content (AvgIpc) is 2.91. The van der Waals surface area contributed by atoms with Gasteiger partial charge in [0.15, 0.2) is 0 Å². The first-order valence-corrected chi connectivity index (χ1v) is 8.21. The van der Waals surface area contributed by atoms with E-state index in [1.165, 1.54) is 4.88 Å². The number of halogens is 3. The summed E-state index contributed by atoms with van der Waals surface area (Å²) in [5.74, 6) is -1.39. The van der Waals surface area contributed by atoms with E-state index in [1.807, 2.05) is 17.5 Å². The highest BCUT2D eigenvalue weighted by Crippen LogP contribution is 2.37. The molecule has 0 aliphatic heterocycles. The Morgan fingerprint density at radius 1 is 1.38 bits per heavy atom. The number of hydrogen-bond donors (Lipinski definition) is 1. The maximum absolute atomic E-state index is 12.7. The van der Waals surface area contributed by atoms with Gasteiger partial charge in [0.25, 0.3) is 0 Å². The highest BCUT2D eigenvalue weighted by molar-refractivity contribution is 7.09. The van der Waals surface area contributed by atoms with Gasteiger partial charge in [-0.15, -0.1) is 11.3 Å². The van der Waals surface area contributed by atoms with E-state index in [2.05, 4.69) is 5.32 Å². The van der Waals surface area contributed by atoms with Gasteiger partial charge in [-0.25, -0.2) is 0 Å². The lowest BCUT2D eigenvalue weighted by molar-refractivity contribution is -0.184. The Hall–Kier alpha value is -1.04. The van der Waals surface area contributed by atoms with Gasteiger partial charge in [0, 0.05) is 17.3 Å². The fourth-order valence-corrected chi connectivity index (χ4v) is 3.55. The van der Waals surface area contributed by atoms with Crippen LogP contribution in [-0.4, -0.2) is 18.1 Å². The Labute approximate surface area is 126 Å². The van der Waals surface area contributed by atoms with Crippen molar-refractivity contribution >= 4 is 17.2 Å². The van der Waals surface area contributed by atoms with Crippen LogP contribution in [0.25, 0.3) is 0 Å². The van der Waals surface area contributed by atoms with Crippen LogP contribution in [0.4, 0.5) is 13.2 Å². The molecule has 1 fully saturated rings. The van der Waals surface area contributed by atoms with E-state index in [0.717, 1.165) is 12.8 Å². The zero-order valence-corrected chi connectivity index (χ0v) is 12.6. The van der Waals surface area contributed by atoms with E-state index in [9.17, 15) is 18.0 Å². The molecule has 1 N–H and O–H groups in total. The SMILES string of the molecule is O=C(CCCc1cccs1)NC1CCCC(C(F)(F)F)C1. The summed E-state index contributed by atoms with van der Waals surface area (Å²) in [6.07, 6.45) is -0.766. The summed E-state index contributed by atoms with van der Waals surface area (Å²) in [5.41, 5.74) is 0. The second-order valence-electron chi connectivity index (χ2n) is 5.60. The number of rotatable bonds is 5. The van der Waals surface area contributed by atoms with E-state index in [0.29, 0.717) is 19.3 Å². The Balaban J connectivity index is 1.69. The van der Waals surface area contributed by atoms with Crippen molar-refractivity contribution in [3.8, 4) is 0 Å². The topological polar surface area (TPSA) is 29.1 Å². The molecule has 6 heteroatoms. The number of hydrogen-bond acceptors (Lipinski definition) is 2. The summed E-state index contributed by atoms with van der Waals surface area (Å²) < 4.78 is 38.1. The van der Waals surface area contributed by atoms with Gasteiger partial charge in [-0.05, 0) is 43.6 Å². The normalized spacial score (nSPS) is 23.0. The van der Waals surface area contributed by atoms with E-state index < -0.39 is 12.1 Å². The largest absolute Gasteiger partial charge is 0.391 e. The summed E-state index contributed by atoms with van der Waals surface area (Å²) >= 11 is 1.66. The second-order valence-corrected chi connectivity index (χ2v) is 6.63. The third-order valence-electron chi connectivity index (χ3n) is 3.91. The lowest BCUT2D eigenvalue weighted by atomic mass is 9.85. The molecule has 0 spiro atoms. The molecule has 118 valence electrons. The van der Waals surface area contributed by atoms with Crippen molar-refractivity contribution in [3.05, 3.63) is 22.4 Å². The quantitative estimate of drug-likeness (QED) is 0.861. The van der Waals surface area contributed by atoms with Gasteiger partial charge >= 0.3 is 6.18 Å². The number of carbonyl (C=O) groups is 1. The molecule has 2 rings (SSSR count). The third kappa shape index (κ3) is 5.34. The number of nitrogens with one attached hydrogen (secondary N) is 1. The molecule has 0 aromatic carbocycles. The van der Waals surface area contributed by atoms with Crippen molar-refractivity contribution in [2.75, 3.05) is 0 Å². The number of thiophene rings is 1. The maximum atomic E-state index is 12.7. The van der Waals surface area contributed by atoms with Crippen LogP contribution in [0.1, 0.15) is 43.4 Å². The molecule has 0 saturated heterocycles. The lowest BCUT2D eigenvalue weighted by Gasteiger charge is -2.31. The molecule has 2 atom stereocenters. The van der Waals surface area contributed by atoms with Crippen LogP contribution >= 0.6 is 11.3 Å². The molecule has 2 nitrogen and oxygen atoms in total. The Morgan fingerprint density at radius 3 is 2.86 bits per heavy atom. The van der Waals surface area contributed by atoms with Gasteiger partial charge in [0.2, 0.25) is 5.91 Å². The molecule has 1 aliphatic carbocycles. The van der Waals surface area contributed by atoms with Crippen LogP contribution in [0.15, 0.2) is 17.5 Å². The molecular formula is C15H20F3NOS. The second kappa shape index (κ2) is 7.29. The van der Waals surface area contributed by atoms with Crippen molar-refractivity contribution in [1.29, 1.82) is 0 Å². The molecule has 21 heavy (non-hydrogen) atoms. The minimum atomic E-state index is -4.14. The van der Waals surface area contributed by atoms with Crippen LogP contribution in [-0.2, 0) is 11.2 Å². The number of amides is 1. The van der Waals surface area contributed by atoms with Gasteiger partial charge in [-0.2, -0.15) is 13.2 Å². The zero-order chi connectivity index (χ0) is 15.3. The van der Waals surface area contributed by atoms with Gasteiger partial charge in [-0.1, -0.05) is 12.5 Å². The Morgan fingerprint density at radius 2 is 2.19 bits per heavy atom. The van der Waals surface area contributed by atoms with Crippen molar-refractivity contribution in [2.45, 2.75) is 57.2 Å². The monoisotopic (exact) mass is 319 g/mol. The van der Waals surface area contributed by atoms with Gasteiger partial charge in [0.1, 0.15) is 0 Å². The maximum Gasteiger partial charge on any atom is 0.391 e. The standard InChI is InChI=1S/C15H20F3NOS/c16-15(17,18)11-4-1-5-12(10-11)19-14(20)8-2-6-13-7-3-9-21-13/h3,7,9,11-12H,1-2,4-6,8,10H2,(H,19,20). The van der Waals surface area contributed by atoms with E-state index in [-0.39, 0.29) is 24.8 Å². The fraction of sp³-hybridized carbons (Fsp3) is 0.667. The van der Waals surface area contributed by atoms with Crippen molar-refractivity contribution in [3.63, 3.8) is 0 Å². The molecule has 1 aromatic heterocycles. The molecule has 2 unspecified atom stereocenters. The molecule has 1 aromatic rings. The molecule has 1 saturated carbocycles. The van der Waals surface area contributed by atoms with Gasteiger partial charge < -0.3 is 5.32 Å². The first kappa shape index (κ1) is 16.3. The summed E-state index contributed by atoms with van der Waals surface area (Å²) in [4.78, 5) is 13.0. The number of alkyl halides is 3. The van der Waals surface area contributed by atoms with Crippen LogP contribution in [0, 0.1) is 5.92 Å². The van der Waals surface area contributed by atoms with Crippen LogP contribution in [0.5, 0.6) is 0 Å². The van der Waals surface area contributed by atoms with E-state index in [4.69, 9.17) is 0 Å². The number of carbonyl (C=O) groups excluding carboxylic acids is 1. The van der Waals surface area contributed by atoms with Gasteiger partial charge in [0.05, 0.1) is 5.92 Å². The highest BCUT2D eigenvalue weighted by atomic mass is 32.1. The van der Waals surface area contributed by atoms with Gasteiger partial charge in [-0.3, -0.25) is 4.79 Å². The molecule has 0 radical (unpaired) electrons. The molecular weight excluding hydrogens is 299 g/mol. The van der Waals surface area contributed by atoms with Crippen molar-refractivity contribution in [2.24, 2.45) is 5.92 Å². The summed E-state index contributed by atoms with van der Waals surface area (Å²) in [6, 6.07) is 3.68. The first-order chi connectivity index (χ1) is 9.95. The molecule has 1 aliphatic rings. The Bertz CT molecular complexity index is 444.